The Kier molecular flexibility index (Phi) is 6.56. The van der Waals surface area contributed by atoms with Crippen molar-refractivity contribution in [1.82, 2.24) is 9.91 Å². The molecule has 12 nitrogen and oxygen atoms in total. The monoisotopic (exact) mass is 569 g/mol. The number of hydrazone groups is 1. The van der Waals surface area contributed by atoms with Crippen molar-refractivity contribution in [1.29, 1.82) is 0 Å². The Morgan fingerprint density at radius 1 is 1.18 bits per heavy atom. The zero-order valence-corrected chi connectivity index (χ0v) is 19.4. The van der Waals surface area contributed by atoms with Crippen LogP contribution in [0, 0.1) is 13.7 Å². The highest BCUT2D eigenvalue weighted by Gasteiger charge is 2.36. The van der Waals surface area contributed by atoms with Gasteiger partial charge in [0.15, 0.2) is 0 Å². The fourth-order valence-electron chi connectivity index (χ4n) is 3.24. The Balaban J connectivity index is 1.45. The molecule has 2 aromatic carbocycles. The average molecular weight is 569 g/mol. The van der Waals surface area contributed by atoms with Crippen molar-refractivity contribution >= 4 is 52.1 Å². The van der Waals surface area contributed by atoms with Crippen LogP contribution in [-0.4, -0.2) is 39.5 Å². The lowest BCUT2D eigenvalue weighted by atomic mass is 10.1. The van der Waals surface area contributed by atoms with Gasteiger partial charge in [-0.15, -0.1) is 0 Å². The molecule has 0 saturated carbocycles. The summed E-state index contributed by atoms with van der Waals surface area (Å²) >= 11 is 2.06. The largest absolute Gasteiger partial charge is 0.455 e. The molecule has 0 spiro atoms. The van der Waals surface area contributed by atoms with E-state index in [9.17, 15) is 19.7 Å². The molecule has 0 unspecified atom stereocenters. The van der Waals surface area contributed by atoms with E-state index in [0.29, 0.717) is 28.3 Å². The summed E-state index contributed by atoms with van der Waals surface area (Å²) < 4.78 is 6.47. The standard InChI is InChI=1S/C21H14IN7O5/c22-15-7-13(8-16(9-15)25-26-23)11-27-20(30)12-28(21(27)31)24-10-18-5-6-19(34-18)14-1-3-17(4-2-14)29(32)33/h1-10H,11-12H2/b24-10+/i22-2. The van der Waals surface area contributed by atoms with E-state index >= 15 is 0 Å². The number of nitrogens with zero attached hydrogens (tertiary/aromatic N) is 7. The van der Waals surface area contributed by atoms with E-state index in [-0.39, 0.29) is 18.8 Å². The fourth-order valence-corrected chi connectivity index (χ4v) is 3.96. The number of carbonyl (C=O) groups excluding carboxylic acids is 2. The van der Waals surface area contributed by atoms with Gasteiger partial charge in [-0.05, 0) is 76.2 Å². The van der Waals surface area contributed by atoms with Crippen LogP contribution in [0.4, 0.5) is 16.2 Å². The Hall–Kier alpha value is -4.23. The zero-order valence-electron chi connectivity index (χ0n) is 17.2. The van der Waals surface area contributed by atoms with Crippen LogP contribution in [0.1, 0.15) is 11.3 Å². The highest BCUT2D eigenvalue weighted by atomic mass is 125. The maximum atomic E-state index is 12.7. The quantitative estimate of drug-likeness (QED) is 0.0559. The first-order valence-corrected chi connectivity index (χ1v) is 10.8. The van der Waals surface area contributed by atoms with Crippen molar-refractivity contribution in [2.75, 3.05) is 6.54 Å². The predicted molar refractivity (Wildman–Crippen MR) is 129 cm³/mol. The number of urea groups is 1. The van der Waals surface area contributed by atoms with Gasteiger partial charge in [0.25, 0.3) is 11.6 Å². The van der Waals surface area contributed by atoms with E-state index < -0.39 is 16.9 Å². The van der Waals surface area contributed by atoms with E-state index in [2.05, 4.69) is 37.7 Å². The van der Waals surface area contributed by atoms with Crippen molar-refractivity contribution in [2.45, 2.75) is 6.54 Å². The third-order valence-corrected chi connectivity index (χ3v) is 5.42. The average Bonchev–Trinajstić information content (AvgIpc) is 3.38. The van der Waals surface area contributed by atoms with Crippen LogP contribution < -0.4 is 0 Å². The molecule has 1 aliphatic rings. The SMILES string of the molecule is [N-]=[N+]=Nc1cc([125I])cc(CN2C(=O)CN(/N=C/c3ccc(-c4ccc([N+](=O)[O-])cc4)o3)C2=O)c1. The zero-order chi connectivity index (χ0) is 24.2. The Bertz CT molecular complexity index is 1360. The molecule has 0 bridgehead atoms. The molecule has 1 saturated heterocycles. The van der Waals surface area contributed by atoms with E-state index in [1.165, 1.54) is 18.3 Å². The van der Waals surface area contributed by atoms with Gasteiger partial charge in [-0.25, -0.2) is 9.80 Å². The number of nitro benzene ring substituents is 1. The van der Waals surface area contributed by atoms with E-state index in [1.54, 1.807) is 42.5 Å². The number of rotatable bonds is 7. The number of azide groups is 1. The van der Waals surface area contributed by atoms with Crippen molar-refractivity contribution < 1.29 is 18.9 Å². The van der Waals surface area contributed by atoms with Gasteiger partial charge in [0.1, 0.15) is 18.1 Å². The van der Waals surface area contributed by atoms with Crippen LogP contribution in [-0.2, 0) is 11.3 Å². The molecule has 2 heterocycles. The number of imide groups is 1. The first-order valence-electron chi connectivity index (χ1n) is 9.69. The van der Waals surface area contributed by atoms with Crippen LogP contribution in [0.2, 0.25) is 0 Å². The Morgan fingerprint density at radius 2 is 1.94 bits per heavy atom. The summed E-state index contributed by atoms with van der Waals surface area (Å²) in [7, 11) is 0. The molecule has 4 rings (SSSR count). The smallest absolute Gasteiger partial charge is 0.347 e. The van der Waals surface area contributed by atoms with Crippen molar-refractivity contribution in [2.24, 2.45) is 10.2 Å². The van der Waals surface area contributed by atoms with Crippen LogP contribution in [0.25, 0.3) is 21.8 Å². The molecule has 0 aliphatic carbocycles. The number of nitro groups is 1. The molecule has 1 aromatic heterocycles. The summed E-state index contributed by atoms with van der Waals surface area (Å²) in [5, 5.41) is 19.4. The first-order chi connectivity index (χ1) is 16.3. The molecule has 1 aliphatic heterocycles. The first kappa shape index (κ1) is 22.9. The summed E-state index contributed by atoms with van der Waals surface area (Å²) in [5.74, 6) is 0.386. The maximum Gasteiger partial charge on any atom is 0.347 e. The minimum absolute atomic E-state index is 0.0134. The van der Waals surface area contributed by atoms with Crippen LogP contribution in [0.5, 0.6) is 0 Å². The van der Waals surface area contributed by atoms with Gasteiger partial charge >= 0.3 is 6.03 Å². The highest BCUT2D eigenvalue weighted by molar-refractivity contribution is 14.1. The molecule has 1 fully saturated rings. The van der Waals surface area contributed by atoms with E-state index in [4.69, 9.17) is 9.95 Å². The number of non-ortho nitro benzene ring substituents is 1. The van der Waals surface area contributed by atoms with Crippen LogP contribution >= 0.6 is 22.6 Å². The second kappa shape index (κ2) is 9.72. The van der Waals surface area contributed by atoms with E-state index in [0.717, 1.165) is 13.5 Å². The molecule has 170 valence electrons. The minimum Gasteiger partial charge on any atom is -0.455 e. The minimum atomic E-state index is -0.590. The molecule has 3 amide bonds. The number of furan rings is 1. The number of carbonyl (C=O) groups is 2. The molecule has 13 heteroatoms. The van der Waals surface area contributed by atoms with Gasteiger partial charge in [0.05, 0.1) is 17.7 Å². The fraction of sp³-hybridized carbons (Fsp3) is 0.0952. The summed E-state index contributed by atoms with van der Waals surface area (Å²) in [5.41, 5.74) is 10.3. The normalized spacial score (nSPS) is 13.6. The topological polar surface area (TPSA) is 158 Å². The van der Waals surface area contributed by atoms with Crippen LogP contribution in [0.15, 0.2) is 69.2 Å². The Labute approximate surface area is 205 Å². The van der Waals surface area contributed by atoms with Crippen molar-refractivity contribution in [3.63, 3.8) is 0 Å². The number of hydrogen-bond acceptors (Lipinski definition) is 7. The van der Waals surface area contributed by atoms with Crippen molar-refractivity contribution in [3.05, 3.63) is 90.0 Å². The van der Waals surface area contributed by atoms with Gasteiger partial charge in [0.2, 0.25) is 0 Å². The summed E-state index contributed by atoms with van der Waals surface area (Å²) in [4.78, 5) is 39.2. The summed E-state index contributed by atoms with van der Waals surface area (Å²) in [6.07, 6.45) is 1.31. The van der Waals surface area contributed by atoms with Gasteiger partial charge in [-0.1, -0.05) is 5.11 Å². The predicted octanol–water partition coefficient (Wildman–Crippen LogP) is 5.20. The van der Waals surface area contributed by atoms with Crippen molar-refractivity contribution in [3.8, 4) is 11.3 Å². The second-order valence-electron chi connectivity index (χ2n) is 7.08. The molecule has 0 radical (unpaired) electrons. The number of halogens is 1. The van der Waals surface area contributed by atoms with Gasteiger partial charge in [-0.2, -0.15) is 5.10 Å². The van der Waals surface area contributed by atoms with E-state index in [1.807, 2.05) is 0 Å². The third-order valence-electron chi connectivity index (χ3n) is 4.79. The third kappa shape index (κ3) is 5.05. The molecule has 34 heavy (non-hydrogen) atoms. The highest BCUT2D eigenvalue weighted by Crippen LogP contribution is 2.25. The Morgan fingerprint density at radius 3 is 2.65 bits per heavy atom. The number of hydrogen-bond donors (Lipinski definition) is 0. The summed E-state index contributed by atoms with van der Waals surface area (Å²) in [6, 6.07) is 13.7. The molecular weight excluding hydrogens is 555 g/mol. The molecular formula is C21H14IN7O5. The maximum absolute atomic E-state index is 12.7. The second-order valence-corrected chi connectivity index (χ2v) is 8.32. The molecule has 0 N–H and O–H groups in total. The lowest BCUT2D eigenvalue weighted by Gasteiger charge is -2.14. The van der Waals surface area contributed by atoms with Gasteiger partial charge in [0, 0.05) is 31.9 Å². The molecule has 0 atom stereocenters. The lowest BCUT2D eigenvalue weighted by Crippen LogP contribution is -2.30. The lowest BCUT2D eigenvalue weighted by molar-refractivity contribution is -0.384. The van der Waals surface area contributed by atoms with Crippen LogP contribution in [0.3, 0.4) is 0 Å². The number of amides is 3. The van der Waals surface area contributed by atoms with Gasteiger partial charge < -0.3 is 4.42 Å². The van der Waals surface area contributed by atoms with Gasteiger partial charge in [-0.3, -0.25) is 19.8 Å². The summed E-state index contributed by atoms with van der Waals surface area (Å²) in [6.45, 7) is -0.210. The molecule has 3 aromatic rings. The number of benzene rings is 2.